The molecular formula is C31H34N2O5S. The van der Waals surface area contributed by atoms with Crippen LogP contribution in [0.1, 0.15) is 31.4 Å². The van der Waals surface area contributed by atoms with Gasteiger partial charge in [-0.15, -0.1) is 0 Å². The van der Waals surface area contributed by atoms with E-state index >= 15 is 0 Å². The summed E-state index contributed by atoms with van der Waals surface area (Å²) < 4.78 is 35.0. The van der Waals surface area contributed by atoms with Crippen molar-refractivity contribution >= 4 is 26.7 Å². The van der Waals surface area contributed by atoms with Crippen LogP contribution >= 0.6 is 0 Å². The van der Waals surface area contributed by atoms with Crippen LogP contribution in [-0.4, -0.2) is 36.4 Å². The SMILES string of the molecule is CC(C)CCN(C(Cc1ccc(OCc2ccccc2)cc1)C(=O)NO)S(=O)(=O)c1ccc2ccccc2c1. The molecule has 1 amide bonds. The van der Waals surface area contributed by atoms with Gasteiger partial charge in [-0.1, -0.05) is 86.6 Å². The lowest BCUT2D eigenvalue weighted by Crippen LogP contribution is -2.50. The minimum atomic E-state index is -4.07. The van der Waals surface area contributed by atoms with E-state index in [1.165, 1.54) is 4.31 Å². The van der Waals surface area contributed by atoms with Gasteiger partial charge in [0.15, 0.2) is 0 Å². The van der Waals surface area contributed by atoms with Gasteiger partial charge in [-0.2, -0.15) is 4.31 Å². The Morgan fingerprint density at radius 3 is 2.21 bits per heavy atom. The molecule has 0 spiro atoms. The van der Waals surface area contributed by atoms with E-state index in [1.54, 1.807) is 47.9 Å². The maximum atomic E-state index is 14.0. The van der Waals surface area contributed by atoms with Crippen LogP contribution in [0.15, 0.2) is 102 Å². The number of rotatable bonds is 12. The third-order valence-electron chi connectivity index (χ3n) is 6.62. The van der Waals surface area contributed by atoms with E-state index in [0.29, 0.717) is 18.8 Å². The summed E-state index contributed by atoms with van der Waals surface area (Å²) in [6, 6.07) is 28.3. The molecule has 0 radical (unpaired) electrons. The van der Waals surface area contributed by atoms with Crippen molar-refractivity contribution in [2.45, 2.75) is 44.2 Å². The van der Waals surface area contributed by atoms with Crippen LogP contribution in [0.5, 0.6) is 5.75 Å². The molecule has 0 saturated carbocycles. The molecule has 0 aliphatic rings. The smallest absolute Gasteiger partial charge is 0.262 e. The first-order valence-electron chi connectivity index (χ1n) is 13.0. The Morgan fingerprint density at radius 2 is 1.54 bits per heavy atom. The lowest BCUT2D eigenvalue weighted by atomic mass is 10.0. The minimum absolute atomic E-state index is 0.0796. The quantitative estimate of drug-likeness (QED) is 0.179. The number of benzene rings is 4. The second kappa shape index (κ2) is 12.9. The van der Waals surface area contributed by atoms with Crippen molar-refractivity contribution in [1.29, 1.82) is 0 Å². The maximum Gasteiger partial charge on any atom is 0.262 e. The number of sulfonamides is 1. The van der Waals surface area contributed by atoms with Crippen molar-refractivity contribution in [2.75, 3.05) is 6.54 Å². The second-order valence-electron chi connectivity index (χ2n) is 9.92. The van der Waals surface area contributed by atoms with E-state index in [1.807, 2.05) is 68.4 Å². The van der Waals surface area contributed by atoms with E-state index in [2.05, 4.69) is 0 Å². The number of carbonyl (C=O) groups is 1. The topological polar surface area (TPSA) is 95.9 Å². The van der Waals surface area contributed by atoms with Gasteiger partial charge in [0.25, 0.3) is 5.91 Å². The van der Waals surface area contributed by atoms with Crippen molar-refractivity contribution < 1.29 is 23.2 Å². The maximum absolute atomic E-state index is 14.0. The van der Waals surface area contributed by atoms with Crippen LogP contribution in [0, 0.1) is 5.92 Å². The first kappa shape index (κ1) is 28.3. The van der Waals surface area contributed by atoms with Crippen LogP contribution in [0.4, 0.5) is 0 Å². The summed E-state index contributed by atoms with van der Waals surface area (Å²) in [5.74, 6) is 0.0805. The summed E-state index contributed by atoms with van der Waals surface area (Å²) in [5.41, 5.74) is 3.46. The van der Waals surface area contributed by atoms with Gasteiger partial charge in [0, 0.05) is 6.54 Å². The molecular weight excluding hydrogens is 512 g/mol. The highest BCUT2D eigenvalue weighted by Crippen LogP contribution is 2.26. The molecule has 0 aliphatic carbocycles. The predicted molar refractivity (Wildman–Crippen MR) is 152 cm³/mol. The summed E-state index contributed by atoms with van der Waals surface area (Å²) in [6.45, 7) is 4.54. The molecule has 0 bridgehead atoms. The highest BCUT2D eigenvalue weighted by Gasteiger charge is 2.36. The van der Waals surface area contributed by atoms with Crippen molar-refractivity contribution in [3.05, 3.63) is 108 Å². The number of hydrogen-bond donors (Lipinski definition) is 2. The van der Waals surface area contributed by atoms with Crippen molar-refractivity contribution in [2.24, 2.45) is 5.92 Å². The Morgan fingerprint density at radius 1 is 0.872 bits per heavy atom. The van der Waals surface area contributed by atoms with Crippen molar-refractivity contribution in [3.63, 3.8) is 0 Å². The Hall–Kier alpha value is -3.72. The largest absolute Gasteiger partial charge is 0.489 e. The van der Waals surface area contributed by atoms with Crippen molar-refractivity contribution in [3.8, 4) is 5.75 Å². The molecule has 0 heterocycles. The lowest BCUT2D eigenvalue weighted by molar-refractivity contribution is -0.133. The number of nitrogens with zero attached hydrogens (tertiary/aromatic N) is 1. The van der Waals surface area contributed by atoms with E-state index in [0.717, 1.165) is 21.9 Å². The summed E-state index contributed by atoms with van der Waals surface area (Å²) >= 11 is 0. The highest BCUT2D eigenvalue weighted by molar-refractivity contribution is 7.89. The first-order chi connectivity index (χ1) is 18.8. The normalized spacial score (nSPS) is 12.5. The molecule has 204 valence electrons. The van der Waals surface area contributed by atoms with Crippen LogP contribution in [-0.2, 0) is 27.8 Å². The molecule has 1 atom stereocenters. The molecule has 4 rings (SSSR count). The van der Waals surface area contributed by atoms with Crippen molar-refractivity contribution in [1.82, 2.24) is 9.79 Å². The van der Waals surface area contributed by atoms with Crippen LogP contribution in [0.25, 0.3) is 10.8 Å². The number of hydrogen-bond acceptors (Lipinski definition) is 5. The molecule has 2 N–H and O–H groups in total. The summed E-state index contributed by atoms with van der Waals surface area (Å²) in [7, 11) is -4.07. The summed E-state index contributed by atoms with van der Waals surface area (Å²) in [5, 5.41) is 11.3. The molecule has 0 fully saturated rings. The van der Waals surface area contributed by atoms with Gasteiger partial charge < -0.3 is 4.74 Å². The molecule has 0 saturated heterocycles. The molecule has 39 heavy (non-hydrogen) atoms. The Bertz CT molecular complexity index is 1490. The third kappa shape index (κ3) is 7.23. The fourth-order valence-corrected chi connectivity index (χ4v) is 6.02. The van der Waals surface area contributed by atoms with Gasteiger partial charge in [0.05, 0.1) is 4.90 Å². The Kier molecular flexibility index (Phi) is 9.35. The molecule has 1 unspecified atom stereocenters. The van der Waals surface area contributed by atoms with Crippen LogP contribution in [0.3, 0.4) is 0 Å². The summed E-state index contributed by atoms with van der Waals surface area (Å²) in [6.07, 6.45) is 0.630. The Balaban J connectivity index is 1.60. The van der Waals surface area contributed by atoms with Gasteiger partial charge >= 0.3 is 0 Å². The summed E-state index contributed by atoms with van der Waals surface area (Å²) in [4.78, 5) is 13.0. The molecule has 0 aromatic heterocycles. The first-order valence-corrected chi connectivity index (χ1v) is 14.4. The third-order valence-corrected chi connectivity index (χ3v) is 8.52. The van der Waals surface area contributed by atoms with Crippen LogP contribution < -0.4 is 10.2 Å². The van der Waals surface area contributed by atoms with Crippen LogP contribution in [0.2, 0.25) is 0 Å². The standard InChI is InChI=1S/C31H34N2O5S/c1-23(2)18-19-33(39(36,37)29-17-14-26-10-6-7-11-27(26)21-29)30(31(34)32-35)20-24-12-15-28(16-13-24)38-22-25-8-4-3-5-9-25/h3-17,21,23,30,35H,18-20,22H2,1-2H3,(H,32,34). The van der Waals surface area contributed by atoms with Gasteiger partial charge in [0.1, 0.15) is 18.4 Å². The van der Waals surface area contributed by atoms with Gasteiger partial charge in [0.2, 0.25) is 10.0 Å². The molecule has 4 aromatic rings. The number of fused-ring (bicyclic) bond motifs is 1. The number of ether oxygens (including phenoxy) is 1. The van der Waals surface area contributed by atoms with Gasteiger partial charge in [-0.05, 0) is 64.9 Å². The highest BCUT2D eigenvalue weighted by atomic mass is 32.2. The van der Waals surface area contributed by atoms with Gasteiger partial charge in [-0.3, -0.25) is 10.0 Å². The molecule has 8 heteroatoms. The number of nitrogens with one attached hydrogen (secondary N) is 1. The van der Waals surface area contributed by atoms with E-state index in [-0.39, 0.29) is 23.8 Å². The average molecular weight is 547 g/mol. The molecule has 0 aliphatic heterocycles. The van der Waals surface area contributed by atoms with E-state index in [4.69, 9.17) is 4.74 Å². The zero-order chi connectivity index (χ0) is 27.8. The monoisotopic (exact) mass is 546 g/mol. The lowest BCUT2D eigenvalue weighted by Gasteiger charge is -2.30. The minimum Gasteiger partial charge on any atom is -0.489 e. The molecule has 7 nitrogen and oxygen atoms in total. The zero-order valence-electron chi connectivity index (χ0n) is 22.2. The van der Waals surface area contributed by atoms with Gasteiger partial charge in [-0.25, -0.2) is 13.9 Å². The molecule has 4 aromatic carbocycles. The average Bonchev–Trinajstić information content (AvgIpc) is 2.95. The second-order valence-corrected chi connectivity index (χ2v) is 11.8. The van der Waals surface area contributed by atoms with E-state index in [9.17, 15) is 18.4 Å². The fourth-order valence-electron chi connectivity index (χ4n) is 4.38. The number of amides is 1. The zero-order valence-corrected chi connectivity index (χ0v) is 23.0. The Labute approximate surface area is 230 Å². The number of hydroxylamine groups is 1. The fraction of sp³-hybridized carbons (Fsp3) is 0.258. The predicted octanol–water partition coefficient (Wildman–Crippen LogP) is 5.57. The van der Waals surface area contributed by atoms with E-state index < -0.39 is 22.0 Å². The number of carbonyl (C=O) groups excluding carboxylic acids is 1.